The number of rotatable bonds is 6. The minimum absolute atomic E-state index is 0.253. The van der Waals surface area contributed by atoms with Crippen LogP contribution >= 0.6 is 0 Å². The lowest BCUT2D eigenvalue weighted by atomic mass is 9.46. The first-order valence-electron chi connectivity index (χ1n) is 11.2. The molecule has 0 amide bonds. The number of hydrogen-bond donors (Lipinski definition) is 2. The highest BCUT2D eigenvalue weighted by Crippen LogP contribution is 2.62. The summed E-state index contributed by atoms with van der Waals surface area (Å²) in [7, 11) is 0. The Labute approximate surface area is 175 Å². The van der Waals surface area contributed by atoms with Crippen LogP contribution in [-0.2, 0) is 9.53 Å². The van der Waals surface area contributed by atoms with Gasteiger partial charge in [0.15, 0.2) is 0 Å². The Hall–Kier alpha value is -1.39. The van der Waals surface area contributed by atoms with Gasteiger partial charge in [-0.05, 0) is 81.0 Å². The number of carbonyl (C=O) groups excluding carboxylic acids is 1. The first-order valence-corrected chi connectivity index (χ1v) is 11.2. The van der Waals surface area contributed by atoms with E-state index in [1.165, 1.54) is 49.3 Å². The summed E-state index contributed by atoms with van der Waals surface area (Å²) >= 11 is 0. The number of carbonyl (C=O) groups is 1. The van der Waals surface area contributed by atoms with Crippen molar-refractivity contribution in [3.63, 3.8) is 0 Å². The van der Waals surface area contributed by atoms with Gasteiger partial charge in [-0.3, -0.25) is 0 Å². The minimum Gasteiger partial charge on any atom is -0.429 e. The molecule has 4 nitrogen and oxygen atoms in total. The Bertz CT molecular complexity index is 720. The van der Waals surface area contributed by atoms with Crippen molar-refractivity contribution in [1.29, 1.82) is 0 Å². The molecule has 0 saturated heterocycles. The van der Waals surface area contributed by atoms with Crippen molar-refractivity contribution in [2.24, 2.45) is 22.7 Å². The van der Waals surface area contributed by atoms with E-state index in [1.54, 1.807) is 0 Å². The number of aliphatic hydroxyl groups is 2. The van der Waals surface area contributed by atoms with E-state index in [2.05, 4.69) is 39.0 Å². The third-order valence-electron chi connectivity index (χ3n) is 8.50. The van der Waals surface area contributed by atoms with Gasteiger partial charge >= 0.3 is 5.97 Å². The van der Waals surface area contributed by atoms with Gasteiger partial charge in [-0.2, -0.15) is 0 Å². The Balaban J connectivity index is 1.64. The lowest BCUT2D eigenvalue weighted by molar-refractivity contribution is -0.151. The van der Waals surface area contributed by atoms with Gasteiger partial charge in [0.2, 0.25) is 6.29 Å². The van der Waals surface area contributed by atoms with Crippen molar-refractivity contribution in [3.8, 4) is 0 Å². The molecule has 2 aliphatic carbocycles. The van der Waals surface area contributed by atoms with Gasteiger partial charge in [0.1, 0.15) is 0 Å². The second kappa shape index (κ2) is 8.39. The molecule has 0 aromatic rings. The second-order valence-corrected chi connectivity index (χ2v) is 10.1. The topological polar surface area (TPSA) is 66.8 Å². The van der Waals surface area contributed by atoms with Crippen LogP contribution in [0.4, 0.5) is 0 Å². The summed E-state index contributed by atoms with van der Waals surface area (Å²) in [5.41, 5.74) is 3.55. The van der Waals surface area contributed by atoms with E-state index in [4.69, 9.17) is 0 Å². The van der Waals surface area contributed by atoms with Crippen molar-refractivity contribution < 1.29 is 19.7 Å². The molecule has 2 N–H and O–H groups in total. The molecule has 3 rings (SSSR count). The Morgan fingerprint density at radius 3 is 2.79 bits per heavy atom. The largest absolute Gasteiger partial charge is 0.429 e. The molecule has 0 spiro atoms. The van der Waals surface area contributed by atoms with E-state index in [0.717, 1.165) is 12.8 Å². The quantitative estimate of drug-likeness (QED) is 0.481. The summed E-state index contributed by atoms with van der Waals surface area (Å²) in [5, 5.41) is 20.0. The number of fused-ring (bicyclic) bond motifs is 1. The van der Waals surface area contributed by atoms with Gasteiger partial charge < -0.3 is 14.9 Å². The summed E-state index contributed by atoms with van der Waals surface area (Å²) in [6.07, 6.45) is 9.85. The van der Waals surface area contributed by atoms with Crippen LogP contribution in [0.3, 0.4) is 0 Å². The Morgan fingerprint density at radius 2 is 2.14 bits per heavy atom. The van der Waals surface area contributed by atoms with Crippen LogP contribution in [-0.4, -0.2) is 28.6 Å². The zero-order chi connectivity index (χ0) is 21.4. The molecule has 1 heterocycles. The molecule has 0 aromatic carbocycles. The standard InChI is InChI=1S/C25H38O4/c1-16(9-10-20(26)19-15-22(27)29-23(19)28)11-13-24(4)18(3)12-14-25(5)17(2)7-6-8-21(24)25/h9,15,18,20-21,23,26,28H,2,6-8,10-14H2,1,3-5H3/b16-9+/t18-,20+,21+,23?,24-,25-/m0/s1. The number of hydrogen-bond acceptors (Lipinski definition) is 4. The van der Waals surface area contributed by atoms with Crippen LogP contribution in [0.1, 0.15) is 79.1 Å². The predicted octanol–water partition coefficient (Wildman–Crippen LogP) is 5.06. The Kier molecular flexibility index (Phi) is 6.45. The third kappa shape index (κ3) is 4.25. The molecular weight excluding hydrogens is 364 g/mol. The first kappa shape index (κ1) is 22.3. The third-order valence-corrected chi connectivity index (χ3v) is 8.50. The summed E-state index contributed by atoms with van der Waals surface area (Å²) in [6, 6.07) is 0. The fraction of sp³-hybridized carbons (Fsp3) is 0.720. The van der Waals surface area contributed by atoms with Crippen molar-refractivity contribution >= 4 is 5.97 Å². The SMILES string of the molecule is C=C1CCC[C@@H]2[C@@](C)(CC/C(C)=C/C[C@@H](O)C3=CC(=O)OC3O)[C@@H](C)CC[C@@]12C. The second-order valence-electron chi connectivity index (χ2n) is 10.1. The van der Waals surface area contributed by atoms with E-state index < -0.39 is 18.4 Å². The molecule has 3 aliphatic rings. The predicted molar refractivity (Wildman–Crippen MR) is 115 cm³/mol. The molecule has 4 heteroatoms. The maximum atomic E-state index is 11.2. The summed E-state index contributed by atoms with van der Waals surface area (Å²) in [4.78, 5) is 11.2. The molecule has 6 atom stereocenters. The van der Waals surface area contributed by atoms with Crippen LogP contribution in [0.15, 0.2) is 35.5 Å². The van der Waals surface area contributed by atoms with Crippen molar-refractivity contribution in [2.75, 3.05) is 0 Å². The molecule has 2 fully saturated rings. The van der Waals surface area contributed by atoms with E-state index in [-0.39, 0.29) is 11.0 Å². The molecular formula is C25H38O4. The number of esters is 1. The van der Waals surface area contributed by atoms with Crippen molar-refractivity contribution in [3.05, 3.63) is 35.5 Å². The van der Waals surface area contributed by atoms with Crippen molar-refractivity contribution in [2.45, 2.75) is 91.5 Å². The normalized spacial score (nSPS) is 39.0. The smallest absolute Gasteiger partial charge is 0.333 e. The summed E-state index contributed by atoms with van der Waals surface area (Å²) < 4.78 is 4.66. The van der Waals surface area contributed by atoms with Crippen LogP contribution in [0.25, 0.3) is 0 Å². The highest BCUT2D eigenvalue weighted by molar-refractivity contribution is 5.85. The molecule has 2 saturated carbocycles. The lowest BCUT2D eigenvalue weighted by Crippen LogP contribution is -2.50. The number of ether oxygens (including phenoxy) is 1. The summed E-state index contributed by atoms with van der Waals surface area (Å²) in [6.45, 7) is 13.9. The molecule has 0 radical (unpaired) electrons. The average molecular weight is 403 g/mol. The van der Waals surface area contributed by atoms with Gasteiger partial charge in [0.05, 0.1) is 6.10 Å². The minimum atomic E-state index is -1.31. The monoisotopic (exact) mass is 402 g/mol. The Morgan fingerprint density at radius 1 is 1.41 bits per heavy atom. The maximum absolute atomic E-state index is 11.2. The van der Waals surface area contributed by atoms with Crippen LogP contribution in [0.2, 0.25) is 0 Å². The van der Waals surface area contributed by atoms with Crippen LogP contribution < -0.4 is 0 Å². The fourth-order valence-electron chi connectivity index (χ4n) is 6.09. The molecule has 0 aromatic heterocycles. The molecule has 1 aliphatic heterocycles. The summed E-state index contributed by atoms with van der Waals surface area (Å²) in [5.74, 6) is 0.802. The van der Waals surface area contributed by atoms with Gasteiger partial charge in [-0.25, -0.2) is 4.79 Å². The van der Waals surface area contributed by atoms with E-state index in [1.807, 2.05) is 6.08 Å². The van der Waals surface area contributed by atoms with Crippen LogP contribution in [0.5, 0.6) is 0 Å². The molecule has 162 valence electrons. The highest BCUT2D eigenvalue weighted by Gasteiger charge is 2.53. The lowest BCUT2D eigenvalue weighted by Gasteiger charge is -2.59. The number of aliphatic hydroxyl groups excluding tert-OH is 2. The fourth-order valence-corrected chi connectivity index (χ4v) is 6.09. The van der Waals surface area contributed by atoms with Gasteiger partial charge in [-0.15, -0.1) is 0 Å². The zero-order valence-corrected chi connectivity index (χ0v) is 18.5. The maximum Gasteiger partial charge on any atom is 0.333 e. The highest BCUT2D eigenvalue weighted by atomic mass is 16.6. The van der Waals surface area contributed by atoms with E-state index in [0.29, 0.717) is 23.7 Å². The molecule has 1 unspecified atom stereocenters. The van der Waals surface area contributed by atoms with Crippen molar-refractivity contribution in [1.82, 2.24) is 0 Å². The zero-order valence-electron chi connectivity index (χ0n) is 18.5. The van der Waals surface area contributed by atoms with Gasteiger partial charge in [0.25, 0.3) is 0 Å². The van der Waals surface area contributed by atoms with E-state index >= 15 is 0 Å². The molecule has 29 heavy (non-hydrogen) atoms. The molecule has 0 bridgehead atoms. The van der Waals surface area contributed by atoms with Gasteiger partial charge in [0, 0.05) is 11.6 Å². The average Bonchev–Trinajstić information content (AvgIpc) is 3.01. The van der Waals surface area contributed by atoms with E-state index in [9.17, 15) is 15.0 Å². The van der Waals surface area contributed by atoms with Crippen LogP contribution in [0, 0.1) is 22.7 Å². The number of cyclic esters (lactones) is 1. The van der Waals surface area contributed by atoms with Gasteiger partial charge in [-0.1, -0.05) is 44.6 Å². The first-order chi connectivity index (χ1) is 13.6. The number of allylic oxidation sites excluding steroid dienone is 2.